The van der Waals surface area contributed by atoms with E-state index in [2.05, 4.69) is 0 Å². The van der Waals surface area contributed by atoms with E-state index in [4.69, 9.17) is 10.4 Å². The molecule has 120 valence electrons. The molecule has 0 aliphatic heterocycles. The molecular weight excluding hydrogens is 324 g/mol. The van der Waals surface area contributed by atoms with Gasteiger partial charge in [0.05, 0.1) is 11.1 Å². The lowest BCUT2D eigenvalue weighted by molar-refractivity contribution is 0.0698. The molecule has 0 heterocycles. The van der Waals surface area contributed by atoms with Crippen molar-refractivity contribution in [2.45, 2.75) is 9.79 Å². The van der Waals surface area contributed by atoms with Gasteiger partial charge in [-0.25, -0.2) is 11.0 Å². The smallest absolute Gasteiger partial charge is 0.278 e. The monoisotopic (exact) mass is 336 g/mol. The van der Waals surface area contributed by atoms with E-state index >= 15 is 0 Å². The van der Waals surface area contributed by atoms with E-state index in [1.165, 1.54) is 47.4 Å². The highest BCUT2D eigenvalue weighted by Crippen LogP contribution is 2.33. The predicted molar refractivity (Wildman–Crippen MR) is 78.8 cm³/mol. The third-order valence-electron chi connectivity index (χ3n) is 2.86. The van der Waals surface area contributed by atoms with Gasteiger partial charge in [-0.1, -0.05) is 11.8 Å². The largest absolute Gasteiger partial charge is 0.507 e. The third kappa shape index (κ3) is 3.72. The zero-order valence-electron chi connectivity index (χ0n) is 11.5. The van der Waals surface area contributed by atoms with E-state index in [1.807, 2.05) is 0 Å². The van der Waals surface area contributed by atoms with E-state index in [0.29, 0.717) is 9.79 Å². The minimum Gasteiger partial charge on any atom is -0.507 e. The van der Waals surface area contributed by atoms with Crippen molar-refractivity contribution in [3.63, 3.8) is 0 Å². The van der Waals surface area contributed by atoms with E-state index < -0.39 is 11.8 Å². The Hall–Kier alpha value is -2.75. The van der Waals surface area contributed by atoms with Crippen LogP contribution in [0.3, 0.4) is 0 Å². The summed E-state index contributed by atoms with van der Waals surface area (Å²) in [5.41, 5.74) is 2.62. The van der Waals surface area contributed by atoms with Crippen LogP contribution in [0, 0.1) is 0 Å². The van der Waals surface area contributed by atoms with Crippen molar-refractivity contribution in [3.05, 3.63) is 47.5 Å². The van der Waals surface area contributed by atoms with Gasteiger partial charge in [-0.15, -0.1) is 0 Å². The van der Waals surface area contributed by atoms with Crippen LogP contribution in [0.1, 0.15) is 20.7 Å². The standard InChI is InChI=1S/C14H12N2O6S/c17-11-3-1-7(5-9(11)13(19)15-21)23-8-2-4-12(18)10(6-8)14(20)16-22/h1-6,17-18,21-22H,(H,15,19)(H,16,20). The van der Waals surface area contributed by atoms with Crippen molar-refractivity contribution < 1.29 is 30.2 Å². The van der Waals surface area contributed by atoms with Gasteiger partial charge in [0.25, 0.3) is 11.8 Å². The number of carbonyl (C=O) groups is 2. The number of nitrogens with one attached hydrogen (secondary N) is 2. The first kappa shape index (κ1) is 16.6. The van der Waals surface area contributed by atoms with Gasteiger partial charge < -0.3 is 10.2 Å². The maximum absolute atomic E-state index is 11.4. The summed E-state index contributed by atoms with van der Waals surface area (Å²) in [7, 11) is 0. The molecule has 2 amide bonds. The highest BCUT2D eigenvalue weighted by Gasteiger charge is 2.14. The molecule has 0 unspecified atom stereocenters. The zero-order valence-corrected chi connectivity index (χ0v) is 12.3. The number of hydrogen-bond acceptors (Lipinski definition) is 7. The molecule has 0 aromatic heterocycles. The van der Waals surface area contributed by atoms with Crippen LogP contribution in [-0.4, -0.2) is 32.4 Å². The Bertz CT molecular complexity index is 701. The molecule has 8 nitrogen and oxygen atoms in total. The van der Waals surface area contributed by atoms with Crippen molar-refractivity contribution in [2.75, 3.05) is 0 Å². The number of hydroxylamine groups is 2. The second-order valence-corrected chi connectivity index (χ2v) is 5.49. The summed E-state index contributed by atoms with van der Waals surface area (Å²) in [4.78, 5) is 23.9. The molecule has 2 aromatic carbocycles. The third-order valence-corrected chi connectivity index (χ3v) is 3.84. The topological polar surface area (TPSA) is 139 Å². The fourth-order valence-corrected chi connectivity index (χ4v) is 2.68. The second-order valence-electron chi connectivity index (χ2n) is 4.34. The van der Waals surface area contributed by atoms with E-state index in [1.54, 1.807) is 0 Å². The maximum Gasteiger partial charge on any atom is 0.278 e. The number of phenols is 2. The van der Waals surface area contributed by atoms with Crippen molar-refractivity contribution in [3.8, 4) is 11.5 Å². The molecule has 23 heavy (non-hydrogen) atoms. The number of hydrogen-bond donors (Lipinski definition) is 6. The van der Waals surface area contributed by atoms with Gasteiger partial charge in [0.15, 0.2) is 0 Å². The minimum absolute atomic E-state index is 0.121. The molecule has 9 heteroatoms. The molecule has 2 rings (SSSR count). The zero-order chi connectivity index (χ0) is 17.0. The quantitative estimate of drug-likeness (QED) is 0.367. The minimum atomic E-state index is -0.865. The van der Waals surface area contributed by atoms with Crippen LogP contribution in [0.2, 0.25) is 0 Å². The van der Waals surface area contributed by atoms with E-state index in [0.717, 1.165) is 11.8 Å². The normalized spacial score (nSPS) is 10.2. The number of phenolic OH excluding ortho intramolecular Hbond substituents is 2. The fraction of sp³-hybridized carbons (Fsp3) is 0. The Labute approximate surface area is 134 Å². The summed E-state index contributed by atoms with van der Waals surface area (Å²) in [5, 5.41) is 36.5. The molecule has 0 radical (unpaired) electrons. The lowest BCUT2D eigenvalue weighted by Gasteiger charge is -2.08. The Morgan fingerprint density at radius 3 is 1.52 bits per heavy atom. The first-order valence-electron chi connectivity index (χ1n) is 6.19. The van der Waals surface area contributed by atoms with Crippen molar-refractivity contribution in [1.29, 1.82) is 0 Å². The summed E-state index contributed by atoms with van der Waals surface area (Å²) in [6, 6.07) is 8.34. The number of amides is 2. The van der Waals surface area contributed by atoms with Crippen LogP contribution in [0.15, 0.2) is 46.2 Å². The van der Waals surface area contributed by atoms with Gasteiger partial charge in [0.2, 0.25) is 0 Å². The first-order valence-corrected chi connectivity index (χ1v) is 7.00. The highest BCUT2D eigenvalue weighted by molar-refractivity contribution is 7.99. The van der Waals surface area contributed by atoms with Gasteiger partial charge in [0.1, 0.15) is 11.5 Å². The Kier molecular flexibility index (Phi) is 5.06. The van der Waals surface area contributed by atoms with Crippen LogP contribution in [0.4, 0.5) is 0 Å². The van der Waals surface area contributed by atoms with E-state index in [9.17, 15) is 19.8 Å². The summed E-state index contributed by atoms with van der Waals surface area (Å²) in [5.74, 6) is -2.33. The number of benzene rings is 2. The first-order chi connectivity index (χ1) is 11.0. The van der Waals surface area contributed by atoms with Gasteiger partial charge in [0, 0.05) is 9.79 Å². The molecule has 0 spiro atoms. The lowest BCUT2D eigenvalue weighted by atomic mass is 10.2. The molecule has 0 aliphatic rings. The molecule has 0 aliphatic carbocycles. The summed E-state index contributed by atoms with van der Waals surface area (Å²) >= 11 is 1.14. The number of rotatable bonds is 4. The second kappa shape index (κ2) is 7.01. The van der Waals surface area contributed by atoms with Crippen molar-refractivity contribution in [1.82, 2.24) is 11.0 Å². The van der Waals surface area contributed by atoms with Crippen LogP contribution >= 0.6 is 11.8 Å². The molecule has 2 aromatic rings. The SMILES string of the molecule is O=C(NO)c1cc(Sc2ccc(O)c(C(=O)NO)c2)ccc1O. The molecule has 0 fully saturated rings. The van der Waals surface area contributed by atoms with Gasteiger partial charge in [-0.05, 0) is 36.4 Å². The Morgan fingerprint density at radius 1 is 0.783 bits per heavy atom. The summed E-state index contributed by atoms with van der Waals surface area (Å²) in [6.07, 6.45) is 0. The fourth-order valence-electron chi connectivity index (χ4n) is 1.78. The Morgan fingerprint density at radius 2 is 1.17 bits per heavy atom. The van der Waals surface area contributed by atoms with Gasteiger partial charge in [-0.2, -0.15) is 0 Å². The highest BCUT2D eigenvalue weighted by atomic mass is 32.2. The Balaban J connectivity index is 2.33. The molecule has 0 bridgehead atoms. The molecular formula is C14H12N2O6S. The van der Waals surface area contributed by atoms with Gasteiger partial charge >= 0.3 is 0 Å². The van der Waals surface area contributed by atoms with Crippen molar-refractivity contribution >= 4 is 23.6 Å². The van der Waals surface area contributed by atoms with Crippen LogP contribution in [0.25, 0.3) is 0 Å². The number of carbonyl (C=O) groups excluding carboxylic acids is 2. The van der Waals surface area contributed by atoms with Crippen LogP contribution in [0.5, 0.6) is 11.5 Å². The van der Waals surface area contributed by atoms with Gasteiger partial charge in [-0.3, -0.25) is 20.0 Å². The average molecular weight is 336 g/mol. The lowest BCUT2D eigenvalue weighted by Crippen LogP contribution is -2.18. The average Bonchev–Trinajstić information content (AvgIpc) is 2.56. The predicted octanol–water partition coefficient (Wildman–Crippen LogP) is 1.49. The molecule has 0 saturated carbocycles. The molecule has 6 N–H and O–H groups in total. The van der Waals surface area contributed by atoms with Crippen LogP contribution in [-0.2, 0) is 0 Å². The summed E-state index contributed by atoms with van der Waals surface area (Å²) in [6.45, 7) is 0. The van der Waals surface area contributed by atoms with Crippen molar-refractivity contribution in [2.24, 2.45) is 0 Å². The van der Waals surface area contributed by atoms with E-state index in [-0.39, 0.29) is 22.6 Å². The maximum atomic E-state index is 11.4. The summed E-state index contributed by atoms with van der Waals surface area (Å²) < 4.78 is 0. The van der Waals surface area contributed by atoms with Crippen LogP contribution < -0.4 is 11.0 Å². The number of aromatic hydroxyl groups is 2. The molecule has 0 atom stereocenters. The molecule has 0 saturated heterocycles.